The van der Waals surface area contributed by atoms with E-state index in [1.54, 1.807) is 0 Å². The lowest BCUT2D eigenvalue weighted by Crippen LogP contribution is -2.31. The Balaban J connectivity index is 1.89. The van der Waals surface area contributed by atoms with E-state index in [0.29, 0.717) is 0 Å². The maximum Gasteiger partial charge on any atom is 0.381 e. The molecule has 23 heavy (non-hydrogen) atoms. The first-order chi connectivity index (χ1) is 11.0. The van der Waals surface area contributed by atoms with Crippen LogP contribution in [0.5, 0.6) is 0 Å². The fourth-order valence-corrected chi connectivity index (χ4v) is 2.62. The van der Waals surface area contributed by atoms with Gasteiger partial charge in [-0.25, -0.2) is 4.79 Å². The minimum absolute atomic E-state index is 0.282. The lowest BCUT2D eigenvalue weighted by Gasteiger charge is -2.15. The van der Waals surface area contributed by atoms with Crippen LogP contribution in [-0.2, 0) is 4.74 Å². The molecule has 0 radical (unpaired) electrons. The number of imidazole rings is 1. The molecule has 0 unspecified atom stereocenters. The van der Waals surface area contributed by atoms with Gasteiger partial charge in [-0.3, -0.25) is 14.3 Å². The van der Waals surface area contributed by atoms with Crippen molar-refractivity contribution in [3.63, 3.8) is 0 Å². The van der Waals surface area contributed by atoms with Gasteiger partial charge >= 0.3 is 11.5 Å². The van der Waals surface area contributed by atoms with Crippen molar-refractivity contribution in [2.24, 2.45) is 0 Å². The second kappa shape index (κ2) is 5.78. The summed E-state index contributed by atoms with van der Waals surface area (Å²) in [5.41, 5.74) is -1.15. The highest BCUT2D eigenvalue weighted by atomic mass is 16.6. The third-order valence-electron chi connectivity index (χ3n) is 3.70. The zero-order valence-corrected chi connectivity index (χ0v) is 11.7. The van der Waals surface area contributed by atoms with Crippen LogP contribution in [0, 0.1) is 10.1 Å². The van der Waals surface area contributed by atoms with Gasteiger partial charge in [0.05, 0.1) is 12.6 Å². The normalized spacial score (nSPS) is 24.0. The molecule has 2 N–H and O–H groups in total. The predicted octanol–water partition coefficient (Wildman–Crippen LogP) is -0.838. The van der Waals surface area contributed by atoms with Crippen molar-refractivity contribution in [1.82, 2.24) is 19.1 Å². The summed E-state index contributed by atoms with van der Waals surface area (Å²) in [6.45, 7) is -0.328. The van der Waals surface area contributed by atoms with Gasteiger partial charge in [0.1, 0.15) is 18.5 Å². The van der Waals surface area contributed by atoms with Gasteiger partial charge in [0.15, 0.2) is 0 Å². The topological polar surface area (TPSA) is 145 Å². The number of H-pyrrole nitrogens is 1. The van der Waals surface area contributed by atoms with Gasteiger partial charge in [0.25, 0.3) is 5.56 Å². The number of aromatic amines is 1. The molecule has 3 heterocycles. The average Bonchev–Trinajstić information content (AvgIpc) is 3.13. The Hall–Kier alpha value is -2.79. The number of aromatic nitrogens is 4. The third kappa shape index (κ3) is 2.78. The van der Waals surface area contributed by atoms with E-state index in [1.807, 2.05) is 0 Å². The number of nitrogens with zero attached hydrogens (tertiary/aromatic N) is 4. The van der Waals surface area contributed by atoms with Gasteiger partial charge in [-0.1, -0.05) is 0 Å². The molecule has 0 aromatic carbocycles. The minimum Gasteiger partial charge on any atom is -0.394 e. The summed E-state index contributed by atoms with van der Waals surface area (Å²) in [5.74, 6) is -0.314. The van der Waals surface area contributed by atoms with Crippen molar-refractivity contribution in [3.05, 3.63) is 55.7 Å². The first-order valence-electron chi connectivity index (χ1n) is 6.75. The summed E-state index contributed by atoms with van der Waals surface area (Å²) in [6, 6.07) is 0.763. The standard InChI is InChI=1S/C12H13N5O6/c18-5-8-7(15-4-9(13-6-15)17(21)22)3-11(23-8)16-2-1-10(19)14-12(16)20/h1-2,4,6-8,11,18H,3,5H2,(H,14,19,20)/t7-,8+,11+/m0/s1. The first kappa shape index (κ1) is 15.1. The fourth-order valence-electron chi connectivity index (χ4n) is 2.62. The molecule has 2 aromatic rings. The SMILES string of the molecule is O=c1ccn([C@H]2C[C@H](n3cnc([N+](=O)[O-])c3)[C@@H](CO)O2)c(=O)[nH]1. The van der Waals surface area contributed by atoms with E-state index < -0.39 is 34.5 Å². The van der Waals surface area contributed by atoms with Gasteiger partial charge < -0.3 is 24.5 Å². The molecule has 0 aliphatic carbocycles. The molecule has 1 fully saturated rings. The number of hydrogen-bond donors (Lipinski definition) is 2. The fraction of sp³-hybridized carbons (Fsp3) is 0.417. The van der Waals surface area contributed by atoms with E-state index in [2.05, 4.69) is 9.97 Å². The van der Waals surface area contributed by atoms with Crippen LogP contribution < -0.4 is 11.2 Å². The highest BCUT2D eigenvalue weighted by Gasteiger charge is 2.38. The highest BCUT2D eigenvalue weighted by molar-refractivity contribution is 5.13. The molecule has 0 amide bonds. The molecule has 1 aliphatic rings. The number of aliphatic hydroxyl groups excluding tert-OH is 1. The first-order valence-corrected chi connectivity index (χ1v) is 6.75. The molecule has 0 bridgehead atoms. The molecule has 11 heteroatoms. The number of aliphatic hydroxyl groups is 1. The largest absolute Gasteiger partial charge is 0.394 e. The summed E-state index contributed by atoms with van der Waals surface area (Å²) in [5, 5.41) is 20.2. The van der Waals surface area contributed by atoms with E-state index in [9.17, 15) is 24.8 Å². The van der Waals surface area contributed by atoms with Crippen molar-refractivity contribution in [1.29, 1.82) is 0 Å². The molecular formula is C12H13N5O6. The minimum atomic E-state index is -0.706. The zero-order valence-electron chi connectivity index (χ0n) is 11.7. The van der Waals surface area contributed by atoms with E-state index in [-0.39, 0.29) is 18.8 Å². The Morgan fingerprint density at radius 1 is 1.52 bits per heavy atom. The summed E-state index contributed by atoms with van der Waals surface area (Å²) >= 11 is 0. The van der Waals surface area contributed by atoms with Crippen molar-refractivity contribution in [2.75, 3.05) is 6.61 Å². The van der Waals surface area contributed by atoms with E-state index >= 15 is 0 Å². The van der Waals surface area contributed by atoms with Crippen LogP contribution in [0.2, 0.25) is 0 Å². The molecule has 0 saturated carbocycles. The second-order valence-electron chi connectivity index (χ2n) is 5.07. The van der Waals surface area contributed by atoms with Crippen LogP contribution in [0.4, 0.5) is 5.82 Å². The monoisotopic (exact) mass is 323 g/mol. The summed E-state index contributed by atoms with van der Waals surface area (Å²) < 4.78 is 8.31. The van der Waals surface area contributed by atoms with Crippen molar-refractivity contribution in [2.45, 2.75) is 24.8 Å². The smallest absolute Gasteiger partial charge is 0.381 e. The summed E-state index contributed by atoms with van der Waals surface area (Å²) in [6.07, 6.45) is 2.75. The van der Waals surface area contributed by atoms with E-state index in [1.165, 1.54) is 33.9 Å². The highest BCUT2D eigenvalue weighted by Crippen LogP contribution is 2.36. The quantitative estimate of drug-likeness (QED) is 0.551. The van der Waals surface area contributed by atoms with Gasteiger partial charge in [-0.05, 0) is 9.91 Å². The van der Waals surface area contributed by atoms with Gasteiger partial charge in [-0.15, -0.1) is 0 Å². The maximum absolute atomic E-state index is 11.8. The predicted molar refractivity (Wildman–Crippen MR) is 74.9 cm³/mol. The second-order valence-corrected chi connectivity index (χ2v) is 5.07. The number of nitrogens with one attached hydrogen (secondary N) is 1. The molecule has 3 rings (SSSR count). The molecule has 0 spiro atoms. The lowest BCUT2D eigenvalue weighted by molar-refractivity contribution is -0.389. The third-order valence-corrected chi connectivity index (χ3v) is 3.70. The Morgan fingerprint density at radius 2 is 2.30 bits per heavy atom. The number of rotatable bonds is 4. The van der Waals surface area contributed by atoms with Crippen LogP contribution in [0.25, 0.3) is 0 Å². The lowest BCUT2D eigenvalue weighted by atomic mass is 10.1. The van der Waals surface area contributed by atoms with Crippen molar-refractivity contribution in [3.8, 4) is 0 Å². The average molecular weight is 323 g/mol. The van der Waals surface area contributed by atoms with Crippen molar-refractivity contribution >= 4 is 5.82 Å². The number of nitro groups is 1. The van der Waals surface area contributed by atoms with Crippen LogP contribution >= 0.6 is 0 Å². The maximum atomic E-state index is 11.8. The molecular weight excluding hydrogens is 310 g/mol. The van der Waals surface area contributed by atoms with Crippen LogP contribution in [0.3, 0.4) is 0 Å². The van der Waals surface area contributed by atoms with Gasteiger partial charge in [0.2, 0.25) is 6.33 Å². The van der Waals surface area contributed by atoms with Gasteiger partial charge in [-0.2, -0.15) is 0 Å². The molecule has 2 aromatic heterocycles. The van der Waals surface area contributed by atoms with Crippen LogP contribution in [-0.4, -0.2) is 41.8 Å². The zero-order chi connectivity index (χ0) is 16.6. The molecule has 11 nitrogen and oxygen atoms in total. The van der Waals surface area contributed by atoms with Crippen molar-refractivity contribution < 1.29 is 14.8 Å². The molecule has 1 saturated heterocycles. The Labute approximate surface area is 127 Å². The summed E-state index contributed by atoms with van der Waals surface area (Å²) in [7, 11) is 0. The number of hydrogen-bond acceptors (Lipinski definition) is 7. The van der Waals surface area contributed by atoms with Crippen LogP contribution in [0.1, 0.15) is 18.7 Å². The van der Waals surface area contributed by atoms with Crippen LogP contribution in [0.15, 0.2) is 34.4 Å². The summed E-state index contributed by atoms with van der Waals surface area (Å²) in [4.78, 5) is 38.8. The Bertz CT molecular complexity index is 839. The van der Waals surface area contributed by atoms with Gasteiger partial charge in [0, 0.05) is 18.7 Å². The molecule has 3 atom stereocenters. The van der Waals surface area contributed by atoms with E-state index in [4.69, 9.17) is 4.74 Å². The number of ether oxygens (including phenoxy) is 1. The molecule has 1 aliphatic heterocycles. The van der Waals surface area contributed by atoms with E-state index in [0.717, 1.165) is 0 Å². The molecule has 122 valence electrons. The Morgan fingerprint density at radius 3 is 2.91 bits per heavy atom. The Kier molecular flexibility index (Phi) is 3.80.